The number of carbonyl (C=O) groups is 2. The van der Waals surface area contributed by atoms with Gasteiger partial charge >= 0.3 is 5.97 Å². The molecule has 1 N–H and O–H groups in total. The molecular weight excluding hydrogens is 376 g/mol. The van der Waals surface area contributed by atoms with Gasteiger partial charge in [0.1, 0.15) is 11.6 Å². The van der Waals surface area contributed by atoms with E-state index in [1.165, 1.54) is 18.6 Å². The number of aryl methyl sites for hydroxylation is 1. The van der Waals surface area contributed by atoms with Crippen molar-refractivity contribution in [2.75, 3.05) is 5.32 Å². The summed E-state index contributed by atoms with van der Waals surface area (Å²) in [6.45, 7) is 3.46. The van der Waals surface area contributed by atoms with E-state index in [0.29, 0.717) is 11.6 Å². The van der Waals surface area contributed by atoms with E-state index in [1.807, 2.05) is 61.5 Å². The zero-order chi connectivity index (χ0) is 21.3. The predicted molar refractivity (Wildman–Crippen MR) is 120 cm³/mol. The van der Waals surface area contributed by atoms with Gasteiger partial charge in [-0.3, -0.25) is 4.79 Å². The number of anilines is 1. The summed E-state index contributed by atoms with van der Waals surface area (Å²) in [5.74, 6) is 0.386. The highest BCUT2D eigenvalue weighted by Gasteiger charge is 2.01. The Morgan fingerprint density at radius 1 is 0.867 bits per heavy atom. The van der Waals surface area contributed by atoms with Gasteiger partial charge in [0, 0.05) is 19.2 Å². The highest BCUT2D eigenvalue weighted by atomic mass is 16.5. The van der Waals surface area contributed by atoms with E-state index in [9.17, 15) is 9.59 Å². The van der Waals surface area contributed by atoms with Crippen LogP contribution in [0.4, 0.5) is 5.82 Å². The first-order valence-corrected chi connectivity index (χ1v) is 9.46. The molecule has 0 unspecified atom stereocenters. The fraction of sp³-hybridized carbons (Fsp3) is 0.0800. The Bertz CT molecular complexity index is 1080. The van der Waals surface area contributed by atoms with E-state index in [-0.39, 0.29) is 5.91 Å². The first kappa shape index (κ1) is 20.7. The number of aromatic nitrogens is 1. The zero-order valence-electron chi connectivity index (χ0n) is 16.8. The summed E-state index contributed by atoms with van der Waals surface area (Å²) in [6.07, 6.45) is 8.61. The molecule has 0 aliphatic rings. The van der Waals surface area contributed by atoms with Gasteiger partial charge in [-0.2, -0.15) is 0 Å². The van der Waals surface area contributed by atoms with Crippen molar-refractivity contribution in [3.63, 3.8) is 0 Å². The van der Waals surface area contributed by atoms with Gasteiger partial charge in [0.15, 0.2) is 0 Å². The van der Waals surface area contributed by atoms with Gasteiger partial charge in [0.25, 0.3) is 0 Å². The molecule has 0 bridgehead atoms. The third-order valence-electron chi connectivity index (χ3n) is 4.14. The summed E-state index contributed by atoms with van der Waals surface area (Å²) in [6, 6.07) is 18.7. The van der Waals surface area contributed by atoms with Gasteiger partial charge in [-0.05, 0) is 54.0 Å². The maximum Gasteiger partial charge on any atom is 0.336 e. The van der Waals surface area contributed by atoms with Crippen LogP contribution in [0.3, 0.4) is 0 Å². The highest BCUT2D eigenvalue weighted by Crippen LogP contribution is 2.16. The smallest absolute Gasteiger partial charge is 0.336 e. The van der Waals surface area contributed by atoms with E-state index >= 15 is 0 Å². The normalized spacial score (nSPS) is 11.0. The maximum atomic E-state index is 12.0. The Morgan fingerprint density at radius 3 is 2.20 bits per heavy atom. The van der Waals surface area contributed by atoms with E-state index in [0.717, 1.165) is 16.7 Å². The number of esters is 1. The van der Waals surface area contributed by atoms with Crippen LogP contribution < -0.4 is 10.1 Å². The molecular formula is C25H22N2O3. The van der Waals surface area contributed by atoms with Crippen molar-refractivity contribution in [1.29, 1.82) is 0 Å². The summed E-state index contributed by atoms with van der Waals surface area (Å²) >= 11 is 0. The molecule has 5 heteroatoms. The van der Waals surface area contributed by atoms with Crippen molar-refractivity contribution in [2.45, 2.75) is 13.8 Å². The van der Waals surface area contributed by atoms with Crippen LogP contribution in [-0.4, -0.2) is 16.9 Å². The standard InChI is InChI=1S/C25H22N2O3/c1-18-3-5-20(6-4-18)11-14-25(29)30-23-12-9-21(10-13-23)7-8-22-15-16-26-24(17-22)27-19(2)28/h3-17H,1-2H3,(H,26,27,28)/b8-7+,14-11+. The van der Waals surface area contributed by atoms with Crippen molar-refractivity contribution < 1.29 is 14.3 Å². The average molecular weight is 398 g/mol. The predicted octanol–water partition coefficient (Wildman–Crippen LogP) is 5.14. The fourth-order valence-corrected chi connectivity index (χ4v) is 2.63. The van der Waals surface area contributed by atoms with E-state index in [1.54, 1.807) is 30.5 Å². The number of benzene rings is 2. The molecule has 3 rings (SSSR count). The van der Waals surface area contributed by atoms with Gasteiger partial charge in [0.05, 0.1) is 0 Å². The first-order valence-electron chi connectivity index (χ1n) is 9.46. The first-order chi connectivity index (χ1) is 14.5. The molecule has 150 valence electrons. The number of nitrogens with one attached hydrogen (secondary N) is 1. The van der Waals surface area contributed by atoms with Crippen LogP contribution in [0.1, 0.15) is 29.2 Å². The largest absolute Gasteiger partial charge is 0.423 e. The number of hydrogen-bond donors (Lipinski definition) is 1. The average Bonchev–Trinajstić information content (AvgIpc) is 2.73. The molecule has 2 aromatic carbocycles. The second-order valence-corrected chi connectivity index (χ2v) is 6.72. The quantitative estimate of drug-likeness (QED) is 0.355. The van der Waals surface area contributed by atoms with Gasteiger partial charge in [-0.15, -0.1) is 0 Å². The topological polar surface area (TPSA) is 68.3 Å². The Balaban J connectivity index is 1.58. The number of hydrogen-bond acceptors (Lipinski definition) is 4. The third-order valence-corrected chi connectivity index (χ3v) is 4.14. The van der Waals surface area contributed by atoms with Crippen molar-refractivity contribution in [3.05, 3.63) is 95.2 Å². The zero-order valence-corrected chi connectivity index (χ0v) is 16.8. The van der Waals surface area contributed by atoms with Crippen molar-refractivity contribution in [3.8, 4) is 5.75 Å². The minimum atomic E-state index is -0.429. The number of ether oxygens (including phenoxy) is 1. The summed E-state index contributed by atoms with van der Waals surface area (Å²) in [5, 5.41) is 2.65. The Kier molecular flexibility index (Phi) is 6.90. The lowest BCUT2D eigenvalue weighted by atomic mass is 10.1. The van der Waals surface area contributed by atoms with Gasteiger partial charge in [0.2, 0.25) is 5.91 Å². The second-order valence-electron chi connectivity index (χ2n) is 6.72. The Morgan fingerprint density at radius 2 is 1.50 bits per heavy atom. The van der Waals surface area contributed by atoms with Gasteiger partial charge in [-0.25, -0.2) is 9.78 Å². The lowest BCUT2D eigenvalue weighted by Gasteiger charge is -2.03. The van der Waals surface area contributed by atoms with Gasteiger partial charge < -0.3 is 10.1 Å². The minimum Gasteiger partial charge on any atom is -0.423 e. The molecule has 0 atom stereocenters. The molecule has 1 amide bonds. The van der Waals surface area contributed by atoms with Crippen LogP contribution in [0.2, 0.25) is 0 Å². The van der Waals surface area contributed by atoms with E-state index < -0.39 is 5.97 Å². The second kappa shape index (κ2) is 9.98. The highest BCUT2D eigenvalue weighted by molar-refractivity contribution is 5.89. The molecule has 0 aliphatic heterocycles. The van der Waals surface area contributed by atoms with E-state index in [4.69, 9.17) is 4.74 Å². The van der Waals surface area contributed by atoms with Crippen LogP contribution in [0.15, 0.2) is 72.9 Å². The monoisotopic (exact) mass is 398 g/mol. The SMILES string of the molecule is CC(=O)Nc1cc(/C=C/c2ccc(OC(=O)/C=C/c3ccc(C)cc3)cc2)ccn1. The Labute approximate surface area is 175 Å². The molecule has 1 aromatic heterocycles. The van der Waals surface area contributed by atoms with Crippen molar-refractivity contribution in [1.82, 2.24) is 4.98 Å². The summed E-state index contributed by atoms with van der Waals surface area (Å²) in [4.78, 5) is 27.2. The third kappa shape index (κ3) is 6.56. The van der Waals surface area contributed by atoms with Gasteiger partial charge in [-0.1, -0.05) is 54.1 Å². The lowest BCUT2D eigenvalue weighted by molar-refractivity contribution is -0.128. The van der Waals surface area contributed by atoms with Crippen LogP contribution in [0.5, 0.6) is 5.75 Å². The fourth-order valence-electron chi connectivity index (χ4n) is 2.63. The van der Waals surface area contributed by atoms with Crippen molar-refractivity contribution >= 4 is 35.9 Å². The lowest BCUT2D eigenvalue weighted by Crippen LogP contribution is -2.07. The Hall–Kier alpha value is -3.99. The molecule has 0 fully saturated rings. The molecule has 3 aromatic rings. The minimum absolute atomic E-state index is 0.164. The molecule has 0 saturated heterocycles. The van der Waals surface area contributed by atoms with Crippen LogP contribution >= 0.6 is 0 Å². The maximum absolute atomic E-state index is 12.0. The number of rotatable bonds is 6. The number of amides is 1. The summed E-state index contributed by atoms with van der Waals surface area (Å²) in [5.41, 5.74) is 3.96. The molecule has 30 heavy (non-hydrogen) atoms. The number of carbonyl (C=O) groups excluding carboxylic acids is 2. The molecule has 0 radical (unpaired) electrons. The molecule has 0 saturated carbocycles. The van der Waals surface area contributed by atoms with Crippen LogP contribution in [-0.2, 0) is 9.59 Å². The number of pyridine rings is 1. The molecule has 5 nitrogen and oxygen atoms in total. The van der Waals surface area contributed by atoms with Crippen LogP contribution in [0, 0.1) is 6.92 Å². The van der Waals surface area contributed by atoms with E-state index in [2.05, 4.69) is 10.3 Å². The number of nitrogens with zero attached hydrogens (tertiary/aromatic N) is 1. The molecule has 1 heterocycles. The van der Waals surface area contributed by atoms with Crippen LogP contribution in [0.25, 0.3) is 18.2 Å². The summed E-state index contributed by atoms with van der Waals surface area (Å²) < 4.78 is 5.33. The molecule has 0 spiro atoms. The molecule has 0 aliphatic carbocycles. The summed E-state index contributed by atoms with van der Waals surface area (Å²) in [7, 11) is 0. The van der Waals surface area contributed by atoms with Crippen molar-refractivity contribution in [2.24, 2.45) is 0 Å².